The Hall–Kier alpha value is -1.60. The summed E-state index contributed by atoms with van der Waals surface area (Å²) in [6, 6.07) is 5.56. The number of hydrogen-bond donors (Lipinski definition) is 1. The molecule has 1 heterocycles. The maximum atomic E-state index is 12.2. The monoisotopic (exact) mass is 312 g/mol. The van der Waals surface area contributed by atoms with E-state index in [1.807, 2.05) is 20.8 Å². The highest BCUT2D eigenvalue weighted by Crippen LogP contribution is 2.15. The number of carbonyl (C=O) groups excluding carboxylic acids is 1. The highest BCUT2D eigenvalue weighted by atomic mass is 32.2. The quantitative estimate of drug-likeness (QED) is 0.898. The van der Waals surface area contributed by atoms with Gasteiger partial charge in [0, 0.05) is 6.54 Å². The number of hydrogen-bond acceptors (Lipinski definition) is 4. The number of sulfonamides is 1. The molecule has 0 aliphatic carbocycles. The van der Waals surface area contributed by atoms with Gasteiger partial charge in [0.05, 0.1) is 23.6 Å². The Labute approximate surface area is 125 Å². The van der Waals surface area contributed by atoms with Gasteiger partial charge in [0.1, 0.15) is 0 Å². The second-order valence-electron chi connectivity index (χ2n) is 5.23. The molecular weight excluding hydrogens is 292 g/mol. The molecule has 1 aromatic rings. The van der Waals surface area contributed by atoms with Gasteiger partial charge in [0.15, 0.2) is 0 Å². The van der Waals surface area contributed by atoms with Crippen LogP contribution in [0.5, 0.6) is 0 Å². The molecule has 2 amide bonds. The van der Waals surface area contributed by atoms with Crippen molar-refractivity contribution in [1.82, 2.24) is 9.62 Å². The fourth-order valence-corrected chi connectivity index (χ4v) is 3.13. The zero-order valence-corrected chi connectivity index (χ0v) is 13.2. The van der Waals surface area contributed by atoms with Gasteiger partial charge in [-0.2, -0.15) is 0 Å². The van der Waals surface area contributed by atoms with E-state index >= 15 is 0 Å². The minimum absolute atomic E-state index is 0.0791. The SMILES string of the molecule is Cc1ccc(S(=O)(=O)NC(=O)N2CCOC(C)C2C)cc1. The Bertz CT molecular complexity index is 612. The minimum Gasteiger partial charge on any atom is -0.375 e. The largest absolute Gasteiger partial charge is 0.375 e. The van der Waals surface area contributed by atoms with Gasteiger partial charge < -0.3 is 9.64 Å². The molecule has 1 aliphatic rings. The van der Waals surface area contributed by atoms with Crippen LogP contribution in [0.25, 0.3) is 0 Å². The Balaban J connectivity index is 2.12. The van der Waals surface area contributed by atoms with Crippen molar-refractivity contribution in [3.05, 3.63) is 29.8 Å². The van der Waals surface area contributed by atoms with Gasteiger partial charge in [-0.15, -0.1) is 0 Å². The topological polar surface area (TPSA) is 75.7 Å². The van der Waals surface area contributed by atoms with E-state index in [2.05, 4.69) is 4.72 Å². The Morgan fingerprint density at radius 1 is 1.29 bits per heavy atom. The van der Waals surface area contributed by atoms with E-state index in [4.69, 9.17) is 4.74 Å². The van der Waals surface area contributed by atoms with E-state index in [0.29, 0.717) is 13.2 Å². The molecular formula is C14H20N2O4S. The van der Waals surface area contributed by atoms with Crippen molar-refractivity contribution < 1.29 is 17.9 Å². The Morgan fingerprint density at radius 3 is 2.52 bits per heavy atom. The lowest BCUT2D eigenvalue weighted by Crippen LogP contribution is -2.55. The zero-order valence-electron chi connectivity index (χ0n) is 12.4. The summed E-state index contributed by atoms with van der Waals surface area (Å²) >= 11 is 0. The molecule has 0 saturated carbocycles. The lowest BCUT2D eigenvalue weighted by Gasteiger charge is -2.37. The first-order valence-electron chi connectivity index (χ1n) is 6.83. The highest BCUT2D eigenvalue weighted by molar-refractivity contribution is 7.90. The van der Waals surface area contributed by atoms with Crippen molar-refractivity contribution in [1.29, 1.82) is 0 Å². The van der Waals surface area contributed by atoms with Crippen LogP contribution in [-0.4, -0.2) is 44.6 Å². The predicted molar refractivity (Wildman–Crippen MR) is 78.5 cm³/mol. The van der Waals surface area contributed by atoms with Crippen LogP contribution < -0.4 is 4.72 Å². The third kappa shape index (κ3) is 3.54. The van der Waals surface area contributed by atoms with E-state index in [-0.39, 0.29) is 17.0 Å². The number of rotatable bonds is 2. The Kier molecular flexibility index (Phi) is 4.53. The fraction of sp³-hybridized carbons (Fsp3) is 0.500. The fourth-order valence-electron chi connectivity index (χ4n) is 2.17. The summed E-state index contributed by atoms with van der Waals surface area (Å²) in [5, 5.41) is 0. The third-order valence-corrected chi connectivity index (χ3v) is 5.03. The lowest BCUT2D eigenvalue weighted by molar-refractivity contribution is -0.0368. The summed E-state index contributed by atoms with van der Waals surface area (Å²) in [6.45, 7) is 6.34. The molecule has 2 atom stereocenters. The number of morpholine rings is 1. The van der Waals surface area contributed by atoms with Gasteiger partial charge in [-0.3, -0.25) is 0 Å². The molecule has 116 valence electrons. The molecule has 0 bridgehead atoms. The number of ether oxygens (including phenoxy) is 1. The van der Waals surface area contributed by atoms with Crippen LogP contribution in [0, 0.1) is 6.92 Å². The summed E-state index contributed by atoms with van der Waals surface area (Å²) < 4.78 is 31.9. The van der Waals surface area contributed by atoms with E-state index in [1.165, 1.54) is 17.0 Å². The van der Waals surface area contributed by atoms with Gasteiger partial charge >= 0.3 is 6.03 Å². The van der Waals surface area contributed by atoms with Crippen LogP contribution in [0.3, 0.4) is 0 Å². The second kappa shape index (κ2) is 6.03. The molecule has 1 aliphatic heterocycles. The number of aryl methyl sites for hydroxylation is 1. The molecule has 0 spiro atoms. The number of urea groups is 1. The third-order valence-electron chi connectivity index (χ3n) is 3.70. The maximum absolute atomic E-state index is 12.2. The van der Waals surface area contributed by atoms with Crippen LogP contribution in [-0.2, 0) is 14.8 Å². The molecule has 1 fully saturated rings. The van der Waals surface area contributed by atoms with Crippen LogP contribution in [0.1, 0.15) is 19.4 Å². The van der Waals surface area contributed by atoms with Gasteiger partial charge in [-0.1, -0.05) is 17.7 Å². The van der Waals surface area contributed by atoms with Crippen molar-refractivity contribution in [3.63, 3.8) is 0 Å². The van der Waals surface area contributed by atoms with E-state index in [0.717, 1.165) is 5.56 Å². The summed E-state index contributed by atoms with van der Waals surface area (Å²) in [4.78, 5) is 13.8. The number of nitrogens with one attached hydrogen (secondary N) is 1. The molecule has 1 saturated heterocycles. The second-order valence-corrected chi connectivity index (χ2v) is 6.92. The first-order chi connectivity index (χ1) is 9.81. The van der Waals surface area contributed by atoms with Crippen LogP contribution in [0.4, 0.5) is 4.79 Å². The van der Waals surface area contributed by atoms with E-state index < -0.39 is 16.1 Å². The smallest absolute Gasteiger partial charge is 0.331 e. The summed E-state index contributed by atoms with van der Waals surface area (Å²) in [5.74, 6) is 0. The van der Waals surface area contributed by atoms with E-state index in [1.54, 1.807) is 12.1 Å². The number of carbonyl (C=O) groups is 1. The van der Waals surface area contributed by atoms with Gasteiger partial charge in [-0.05, 0) is 32.9 Å². The Morgan fingerprint density at radius 2 is 1.90 bits per heavy atom. The molecule has 6 nitrogen and oxygen atoms in total. The predicted octanol–water partition coefficient (Wildman–Crippen LogP) is 1.50. The molecule has 0 aromatic heterocycles. The average Bonchev–Trinajstić information content (AvgIpc) is 2.41. The van der Waals surface area contributed by atoms with Crippen LogP contribution in [0.2, 0.25) is 0 Å². The minimum atomic E-state index is -3.85. The van der Waals surface area contributed by atoms with Crippen molar-refractivity contribution in [2.45, 2.75) is 37.8 Å². The summed E-state index contributed by atoms with van der Waals surface area (Å²) in [5.41, 5.74) is 0.955. The van der Waals surface area contributed by atoms with Crippen LogP contribution >= 0.6 is 0 Å². The first kappa shape index (κ1) is 15.8. The van der Waals surface area contributed by atoms with Gasteiger partial charge in [0.25, 0.3) is 10.0 Å². The van der Waals surface area contributed by atoms with Crippen molar-refractivity contribution in [3.8, 4) is 0 Å². The molecule has 1 aromatic carbocycles. The molecule has 2 unspecified atom stereocenters. The summed E-state index contributed by atoms with van der Waals surface area (Å²) in [7, 11) is -3.85. The standard InChI is InChI=1S/C14H20N2O4S/c1-10-4-6-13(7-5-10)21(18,19)15-14(17)16-8-9-20-12(3)11(16)2/h4-7,11-12H,8-9H2,1-3H3,(H,15,17). The number of benzene rings is 1. The van der Waals surface area contributed by atoms with Gasteiger partial charge in [-0.25, -0.2) is 17.9 Å². The average molecular weight is 312 g/mol. The molecule has 7 heteroatoms. The van der Waals surface area contributed by atoms with E-state index in [9.17, 15) is 13.2 Å². The lowest BCUT2D eigenvalue weighted by atomic mass is 10.1. The molecule has 2 rings (SSSR count). The first-order valence-corrected chi connectivity index (χ1v) is 8.31. The van der Waals surface area contributed by atoms with Crippen molar-refractivity contribution >= 4 is 16.1 Å². The maximum Gasteiger partial charge on any atom is 0.331 e. The molecule has 21 heavy (non-hydrogen) atoms. The highest BCUT2D eigenvalue weighted by Gasteiger charge is 2.31. The van der Waals surface area contributed by atoms with Gasteiger partial charge in [0.2, 0.25) is 0 Å². The van der Waals surface area contributed by atoms with Crippen molar-refractivity contribution in [2.75, 3.05) is 13.2 Å². The summed E-state index contributed by atoms with van der Waals surface area (Å²) in [6.07, 6.45) is -0.119. The number of nitrogens with zero attached hydrogens (tertiary/aromatic N) is 1. The van der Waals surface area contributed by atoms with Crippen LogP contribution in [0.15, 0.2) is 29.2 Å². The zero-order chi connectivity index (χ0) is 15.6. The normalized spacial score (nSPS) is 22.9. The van der Waals surface area contributed by atoms with Crippen molar-refractivity contribution in [2.24, 2.45) is 0 Å². The molecule has 0 radical (unpaired) electrons. The number of amides is 2. The molecule has 1 N–H and O–H groups in total.